The zero-order chi connectivity index (χ0) is 27.1. The van der Waals surface area contributed by atoms with E-state index in [-0.39, 0.29) is 33.8 Å². The first kappa shape index (κ1) is 26.7. The number of carbonyl (C=O) groups excluding carboxylic acids is 3. The van der Waals surface area contributed by atoms with E-state index < -0.39 is 41.2 Å². The van der Waals surface area contributed by atoms with Gasteiger partial charge in [0.2, 0.25) is 0 Å². The summed E-state index contributed by atoms with van der Waals surface area (Å²) < 4.78 is 38.6. The zero-order valence-corrected chi connectivity index (χ0v) is 21.8. The molecule has 8 nitrogen and oxygen atoms in total. The average Bonchev–Trinajstić information content (AvgIpc) is 3.65. The molecule has 1 aliphatic heterocycles. The lowest BCUT2D eigenvalue weighted by molar-refractivity contribution is -0.134. The molecule has 2 fully saturated rings. The molecule has 37 heavy (non-hydrogen) atoms. The van der Waals surface area contributed by atoms with E-state index in [1.807, 2.05) is 0 Å². The second kappa shape index (κ2) is 10.2. The van der Waals surface area contributed by atoms with Gasteiger partial charge in [0, 0.05) is 20.2 Å². The summed E-state index contributed by atoms with van der Waals surface area (Å²) in [7, 11) is 4.20. The molecule has 4 rings (SSSR count). The van der Waals surface area contributed by atoms with Gasteiger partial charge in [-0.05, 0) is 66.4 Å². The van der Waals surface area contributed by atoms with Crippen molar-refractivity contribution in [1.82, 2.24) is 15.1 Å². The number of rotatable bonds is 7. The maximum absolute atomic E-state index is 14.2. The summed E-state index contributed by atoms with van der Waals surface area (Å²) in [6, 6.07) is 6.40. The minimum absolute atomic E-state index is 0.0120. The highest BCUT2D eigenvalue weighted by atomic mass is 35.5. The Bertz CT molecular complexity index is 1270. The Hall–Kier alpha value is -3.31. The quantitative estimate of drug-likeness (QED) is 0.408. The van der Waals surface area contributed by atoms with Crippen LogP contribution in [0.5, 0.6) is 0 Å². The first-order valence-electron chi connectivity index (χ1n) is 11.3. The molecule has 1 N–H and O–H groups in total. The summed E-state index contributed by atoms with van der Waals surface area (Å²) in [5, 5.41) is 3.14. The van der Waals surface area contributed by atoms with E-state index in [1.165, 1.54) is 43.1 Å². The molecule has 1 unspecified atom stereocenters. The van der Waals surface area contributed by atoms with E-state index >= 15 is 0 Å². The molecule has 2 aliphatic rings. The fraction of sp³-hybridized carbons (Fsp3) is 0.360. The summed E-state index contributed by atoms with van der Waals surface area (Å²) in [5.41, 5.74) is -0.970. The predicted octanol–water partition coefficient (Wildman–Crippen LogP) is 4.17. The van der Waals surface area contributed by atoms with Gasteiger partial charge in [0.1, 0.15) is 23.8 Å². The number of esters is 1. The summed E-state index contributed by atoms with van der Waals surface area (Å²) in [4.78, 5) is 41.1. The van der Waals surface area contributed by atoms with E-state index in [9.17, 15) is 23.2 Å². The number of methoxy groups -OCH3 is 1. The Morgan fingerprint density at radius 2 is 1.86 bits per heavy atom. The van der Waals surface area contributed by atoms with Crippen molar-refractivity contribution < 1.29 is 32.6 Å². The van der Waals surface area contributed by atoms with Crippen LogP contribution in [0.4, 0.5) is 13.6 Å². The molecular formula is C25H24ClF2N3O5S. The maximum Gasteiger partial charge on any atom is 0.409 e. The minimum atomic E-state index is -1.50. The van der Waals surface area contributed by atoms with E-state index in [4.69, 9.17) is 33.3 Å². The molecule has 2 aromatic rings. The van der Waals surface area contributed by atoms with Gasteiger partial charge < -0.3 is 19.7 Å². The molecule has 1 aliphatic carbocycles. The second-order valence-electron chi connectivity index (χ2n) is 9.06. The highest BCUT2D eigenvalue weighted by molar-refractivity contribution is 7.80. The Kier molecular flexibility index (Phi) is 7.38. The van der Waals surface area contributed by atoms with Crippen LogP contribution in [-0.4, -0.2) is 60.7 Å². The fourth-order valence-corrected chi connectivity index (χ4v) is 5.04. The monoisotopic (exact) mass is 551 g/mol. The first-order valence-corrected chi connectivity index (χ1v) is 12.1. The molecule has 0 bridgehead atoms. The molecule has 1 heterocycles. The van der Waals surface area contributed by atoms with Crippen LogP contribution in [0.2, 0.25) is 5.02 Å². The molecule has 2 aromatic carbocycles. The molecule has 2 atom stereocenters. The van der Waals surface area contributed by atoms with Crippen LogP contribution in [0.3, 0.4) is 0 Å². The highest BCUT2D eigenvalue weighted by Crippen LogP contribution is 2.50. The first-order chi connectivity index (χ1) is 17.5. The molecule has 12 heteroatoms. The largest absolute Gasteiger partial charge is 0.465 e. The number of halogens is 3. The SMILES string of the molecule is COC(=O)c1cc(C(COC(=O)N(C)C)N2C(=O)[C@](c3cc(F)cc(F)c3)(C3CC3)NC2=S)ccc1Cl. The Morgan fingerprint density at radius 1 is 1.22 bits per heavy atom. The zero-order valence-electron chi connectivity index (χ0n) is 20.2. The normalized spacial score (nSPS) is 19.9. The van der Waals surface area contributed by atoms with Crippen molar-refractivity contribution >= 4 is 46.9 Å². The lowest BCUT2D eigenvalue weighted by Crippen LogP contribution is -2.47. The Labute approximate surface area is 222 Å². The number of amides is 2. The van der Waals surface area contributed by atoms with E-state index in [1.54, 1.807) is 6.07 Å². The number of hydrogen-bond acceptors (Lipinski definition) is 6. The molecule has 1 saturated carbocycles. The van der Waals surface area contributed by atoms with Crippen molar-refractivity contribution in [3.05, 3.63) is 69.7 Å². The van der Waals surface area contributed by atoms with E-state index in [0.717, 1.165) is 18.2 Å². The van der Waals surface area contributed by atoms with Crippen molar-refractivity contribution in [3.63, 3.8) is 0 Å². The second-order valence-corrected chi connectivity index (χ2v) is 9.86. The third-order valence-electron chi connectivity index (χ3n) is 6.41. The Balaban J connectivity index is 1.81. The van der Waals surface area contributed by atoms with Crippen molar-refractivity contribution in [2.75, 3.05) is 27.8 Å². The summed E-state index contributed by atoms with van der Waals surface area (Å²) in [6.45, 7) is -0.328. The van der Waals surface area contributed by atoms with Gasteiger partial charge in [-0.25, -0.2) is 18.4 Å². The number of benzene rings is 2. The van der Waals surface area contributed by atoms with Gasteiger partial charge in [0.25, 0.3) is 5.91 Å². The van der Waals surface area contributed by atoms with Crippen LogP contribution >= 0.6 is 23.8 Å². The molecule has 0 spiro atoms. The Morgan fingerprint density at radius 3 is 2.43 bits per heavy atom. The summed E-state index contributed by atoms with van der Waals surface area (Å²) >= 11 is 11.7. The van der Waals surface area contributed by atoms with Gasteiger partial charge in [0.05, 0.1) is 23.7 Å². The number of nitrogens with zero attached hydrogens (tertiary/aromatic N) is 2. The molecule has 0 radical (unpaired) electrons. The van der Waals surface area contributed by atoms with Crippen molar-refractivity contribution in [1.29, 1.82) is 0 Å². The van der Waals surface area contributed by atoms with E-state index in [2.05, 4.69) is 5.32 Å². The lowest BCUT2D eigenvalue weighted by Gasteiger charge is -2.31. The van der Waals surface area contributed by atoms with Crippen LogP contribution < -0.4 is 5.32 Å². The van der Waals surface area contributed by atoms with Crippen LogP contribution in [0.15, 0.2) is 36.4 Å². The number of ether oxygens (including phenoxy) is 2. The number of nitrogens with one attached hydrogen (secondary N) is 1. The van der Waals surface area contributed by atoms with Gasteiger partial charge in [0.15, 0.2) is 5.11 Å². The number of thiocarbonyl (C=S) groups is 1. The molecule has 1 saturated heterocycles. The third kappa shape index (κ3) is 4.97. The summed E-state index contributed by atoms with van der Waals surface area (Å²) in [5.74, 6) is -3.17. The van der Waals surface area contributed by atoms with Gasteiger partial charge in [-0.3, -0.25) is 9.69 Å². The van der Waals surface area contributed by atoms with Gasteiger partial charge in [-0.1, -0.05) is 17.7 Å². The van der Waals surface area contributed by atoms with Crippen LogP contribution in [0.25, 0.3) is 0 Å². The van der Waals surface area contributed by atoms with E-state index in [0.29, 0.717) is 18.4 Å². The fourth-order valence-electron chi connectivity index (χ4n) is 4.47. The summed E-state index contributed by atoms with van der Waals surface area (Å²) in [6.07, 6.45) is 0.612. The van der Waals surface area contributed by atoms with Gasteiger partial charge in [-0.2, -0.15) is 0 Å². The predicted molar refractivity (Wildman–Crippen MR) is 134 cm³/mol. The van der Waals surface area contributed by atoms with Gasteiger partial charge in [-0.15, -0.1) is 0 Å². The van der Waals surface area contributed by atoms with Crippen LogP contribution in [-0.2, 0) is 19.8 Å². The molecule has 196 valence electrons. The number of hydrogen-bond donors (Lipinski definition) is 1. The van der Waals surface area contributed by atoms with Gasteiger partial charge >= 0.3 is 12.1 Å². The standard InChI is InChI=1S/C25H24ClF2N3O5S/c1-30(2)24(34)36-12-20(13-4-7-19(26)18(8-13)21(32)35-3)31-22(33)25(14-5-6-14,29-23(31)37)15-9-16(27)11-17(28)10-15/h4,7-11,14,20H,5-6,12H2,1-3H3,(H,29,37)/t20?,25-/m1/s1. The van der Waals surface area contributed by atoms with Crippen LogP contribution in [0.1, 0.15) is 40.4 Å². The van der Waals surface area contributed by atoms with Crippen molar-refractivity contribution in [2.45, 2.75) is 24.4 Å². The smallest absolute Gasteiger partial charge is 0.409 e. The van der Waals surface area contributed by atoms with Crippen LogP contribution in [0, 0.1) is 17.6 Å². The maximum atomic E-state index is 14.2. The molecule has 2 amide bonds. The van der Waals surface area contributed by atoms with Crippen molar-refractivity contribution in [3.8, 4) is 0 Å². The lowest BCUT2D eigenvalue weighted by atomic mass is 9.84. The highest BCUT2D eigenvalue weighted by Gasteiger charge is 2.60. The average molecular weight is 552 g/mol. The number of carbonyl (C=O) groups is 3. The molecular weight excluding hydrogens is 528 g/mol. The minimum Gasteiger partial charge on any atom is -0.465 e. The van der Waals surface area contributed by atoms with Crippen molar-refractivity contribution in [2.24, 2.45) is 5.92 Å². The molecule has 0 aromatic heterocycles. The third-order valence-corrected chi connectivity index (χ3v) is 7.04. The topological polar surface area (TPSA) is 88.2 Å².